The molecule has 2 aromatic heterocycles. The molecule has 2 aromatic carbocycles. The Bertz CT molecular complexity index is 2140. The molecule has 0 saturated carbocycles. The molecule has 22 heteroatoms. The monoisotopic (exact) mass is 879 g/mol. The van der Waals surface area contributed by atoms with E-state index in [1.54, 1.807) is 62.6 Å². The Balaban J connectivity index is 0.000000275. The second kappa shape index (κ2) is 26.5. The number of aliphatic hydroxyl groups excluding tert-OH is 2. The molecule has 2 fully saturated rings. The Hall–Kier alpha value is -6.70. The zero-order chi connectivity index (χ0) is 45.4. The summed E-state index contributed by atoms with van der Waals surface area (Å²) in [6, 6.07) is 17.3. The zero-order valence-corrected chi connectivity index (χ0v) is 35.1. The summed E-state index contributed by atoms with van der Waals surface area (Å²) in [4.78, 5) is 54.8. The molecule has 62 heavy (non-hydrogen) atoms. The van der Waals surface area contributed by atoms with Crippen LogP contribution in [0.4, 0.5) is 34.4 Å². The minimum Gasteiger partial charge on any atom is -0.457 e. The van der Waals surface area contributed by atoms with Gasteiger partial charge in [-0.05, 0) is 75.2 Å². The van der Waals surface area contributed by atoms with Crippen molar-refractivity contribution in [2.45, 2.75) is 44.7 Å². The lowest BCUT2D eigenvalue weighted by atomic mass is 10.2. The van der Waals surface area contributed by atoms with Crippen LogP contribution in [0, 0.1) is 31.6 Å². The number of nitro benzene ring substituents is 2. The second-order valence-corrected chi connectivity index (χ2v) is 13.5. The molecule has 0 spiro atoms. The summed E-state index contributed by atoms with van der Waals surface area (Å²) in [6.07, 6.45) is 7.13. The lowest BCUT2D eigenvalue weighted by molar-refractivity contribution is -0.384. The van der Waals surface area contributed by atoms with Gasteiger partial charge in [0.15, 0.2) is 0 Å². The fourth-order valence-electron chi connectivity index (χ4n) is 6.00. The SMILES string of the molecule is CC#N.CNc1ccc(Oc2ccnc(NC(=O)CCl)c2)cc1[N+](=O)[O-].CNc1ccc(Oc2ccnc(NC(=O)CN3CCC[C@H]3CO)c2)cc1[N+](=O)[O-].OC[C@@H]1CCCN1. The predicted molar refractivity (Wildman–Crippen MR) is 233 cm³/mol. The van der Waals surface area contributed by atoms with Crippen LogP contribution in [0.1, 0.15) is 32.6 Å². The topological polar surface area (TPSA) is 292 Å². The van der Waals surface area contributed by atoms with Gasteiger partial charge < -0.3 is 46.3 Å². The molecule has 2 atom stereocenters. The van der Waals surface area contributed by atoms with Gasteiger partial charge in [-0.1, -0.05) is 0 Å². The van der Waals surface area contributed by atoms with Crippen molar-refractivity contribution in [1.82, 2.24) is 20.2 Å². The van der Waals surface area contributed by atoms with Crippen LogP contribution in [0.5, 0.6) is 23.0 Å². The summed E-state index contributed by atoms with van der Waals surface area (Å²) in [5.74, 6) is 1.10. The summed E-state index contributed by atoms with van der Waals surface area (Å²) in [5, 5.41) is 61.2. The van der Waals surface area contributed by atoms with E-state index in [9.17, 15) is 34.9 Å². The van der Waals surface area contributed by atoms with E-state index < -0.39 is 15.8 Å². The highest BCUT2D eigenvalue weighted by Gasteiger charge is 2.25. The maximum atomic E-state index is 12.3. The van der Waals surface area contributed by atoms with Crippen LogP contribution in [0.2, 0.25) is 0 Å². The summed E-state index contributed by atoms with van der Waals surface area (Å²) >= 11 is 5.41. The number of ether oxygens (including phenoxy) is 2. The van der Waals surface area contributed by atoms with Gasteiger partial charge >= 0.3 is 0 Å². The molecule has 21 nitrogen and oxygen atoms in total. The number of likely N-dealkylation sites (tertiary alicyclic amines) is 1. The Morgan fingerprint density at radius 2 is 1.34 bits per heavy atom. The first-order valence-electron chi connectivity index (χ1n) is 19.2. The van der Waals surface area contributed by atoms with Gasteiger partial charge in [-0.2, -0.15) is 5.26 Å². The number of nitrogens with one attached hydrogen (secondary N) is 5. The van der Waals surface area contributed by atoms with Crippen molar-refractivity contribution in [2.24, 2.45) is 0 Å². The van der Waals surface area contributed by atoms with E-state index in [2.05, 4.69) is 36.6 Å². The summed E-state index contributed by atoms with van der Waals surface area (Å²) in [6.45, 7) is 3.81. The number of benzene rings is 2. The summed E-state index contributed by atoms with van der Waals surface area (Å²) < 4.78 is 11.3. The number of nitriles is 1. The Labute approximate surface area is 362 Å². The van der Waals surface area contributed by atoms with Crippen LogP contribution < -0.4 is 36.1 Å². The number of alkyl halides is 1. The minimum absolute atomic E-state index is 0.0137. The molecule has 0 unspecified atom stereocenters. The molecule has 2 aliphatic rings. The van der Waals surface area contributed by atoms with Crippen molar-refractivity contribution in [2.75, 3.05) is 74.1 Å². The Morgan fingerprint density at radius 3 is 1.74 bits per heavy atom. The summed E-state index contributed by atoms with van der Waals surface area (Å²) in [7, 11) is 3.20. The molecule has 332 valence electrons. The highest BCUT2D eigenvalue weighted by atomic mass is 35.5. The van der Waals surface area contributed by atoms with E-state index in [0.717, 1.165) is 32.4 Å². The van der Waals surface area contributed by atoms with Gasteiger partial charge in [-0.25, -0.2) is 9.97 Å². The standard InChI is InChI=1S/C19H23N5O5.C14H13ClN4O4.C5H11NO.C2H3N/c1-20-16-5-4-14(9-17(16)24(27)28)29-15-6-7-21-18(10-15)22-19(26)11-23-8-2-3-13(23)12-25;1-16-11-3-2-9(6-12(11)19(21)22)23-10-4-5-17-13(7-10)18-14(20)8-15;7-4-5-2-1-3-6-5;1-2-3/h4-7,9-10,13,20,25H,2-3,8,11-12H2,1H3,(H,21,22,26);2-7,16H,8H2,1H3,(H,17,18,20);5-7H,1-4H2;1H3/t13-;;5-;/m0.0./s1. The van der Waals surface area contributed by atoms with Crippen LogP contribution in [0.25, 0.3) is 0 Å². The number of anilines is 4. The quantitative estimate of drug-likeness (QED) is 0.0442. The van der Waals surface area contributed by atoms with E-state index in [1.165, 1.54) is 43.9 Å². The lowest BCUT2D eigenvalue weighted by Gasteiger charge is -2.21. The molecular weight excluding hydrogens is 830 g/mol. The minimum atomic E-state index is -0.503. The van der Waals surface area contributed by atoms with Crippen LogP contribution in [0.3, 0.4) is 0 Å². The molecule has 2 amide bonds. The largest absolute Gasteiger partial charge is 0.457 e. The van der Waals surface area contributed by atoms with Crippen LogP contribution >= 0.6 is 11.6 Å². The third kappa shape index (κ3) is 16.4. The number of rotatable bonds is 15. The molecule has 4 aromatic rings. The van der Waals surface area contributed by atoms with E-state index in [0.29, 0.717) is 47.1 Å². The maximum absolute atomic E-state index is 12.3. The van der Waals surface area contributed by atoms with E-state index in [4.69, 9.17) is 31.4 Å². The normalized spacial score (nSPS) is 15.0. The Kier molecular flexibility index (Phi) is 21.2. The first kappa shape index (κ1) is 49.7. The molecule has 4 heterocycles. The maximum Gasteiger partial charge on any atom is 0.296 e. The first-order valence-corrected chi connectivity index (χ1v) is 19.8. The third-order valence-electron chi connectivity index (χ3n) is 8.90. The molecule has 6 rings (SSSR count). The highest BCUT2D eigenvalue weighted by Crippen LogP contribution is 2.33. The third-order valence-corrected chi connectivity index (χ3v) is 9.14. The van der Waals surface area contributed by atoms with Crippen molar-refractivity contribution in [3.63, 3.8) is 0 Å². The van der Waals surface area contributed by atoms with Crippen LogP contribution in [-0.4, -0.2) is 112 Å². The molecule has 2 aliphatic heterocycles. The van der Waals surface area contributed by atoms with Gasteiger partial charge in [0.2, 0.25) is 11.8 Å². The molecule has 0 aliphatic carbocycles. The average Bonchev–Trinajstić information content (AvgIpc) is 3.97. The van der Waals surface area contributed by atoms with Gasteiger partial charge in [0.25, 0.3) is 11.4 Å². The number of aliphatic hydroxyl groups is 2. The Morgan fingerprint density at radius 1 is 0.839 bits per heavy atom. The summed E-state index contributed by atoms with van der Waals surface area (Å²) in [5.41, 5.74) is 0.562. The van der Waals surface area contributed by atoms with Crippen molar-refractivity contribution >= 4 is 57.8 Å². The van der Waals surface area contributed by atoms with Gasteiger partial charge in [-0.3, -0.25) is 34.7 Å². The average molecular weight is 880 g/mol. The molecule has 0 bridgehead atoms. The van der Waals surface area contributed by atoms with Crippen LogP contribution in [-0.2, 0) is 9.59 Å². The van der Waals surface area contributed by atoms with E-state index in [1.807, 2.05) is 4.90 Å². The first-order chi connectivity index (χ1) is 29.9. The van der Waals surface area contributed by atoms with Crippen molar-refractivity contribution in [3.05, 3.63) is 93.3 Å². The number of aromatic nitrogens is 2. The number of nitrogens with zero attached hydrogens (tertiary/aromatic N) is 6. The molecule has 7 N–H and O–H groups in total. The van der Waals surface area contributed by atoms with Gasteiger partial charge in [-0.15, -0.1) is 11.6 Å². The highest BCUT2D eigenvalue weighted by molar-refractivity contribution is 6.29. The number of carbonyl (C=O) groups is 2. The van der Waals surface area contributed by atoms with Crippen molar-refractivity contribution in [3.8, 4) is 29.1 Å². The molecular formula is C40H50ClN11O10. The smallest absolute Gasteiger partial charge is 0.296 e. The lowest BCUT2D eigenvalue weighted by Crippen LogP contribution is -2.38. The number of carbonyl (C=O) groups excluding carboxylic acids is 2. The van der Waals surface area contributed by atoms with Gasteiger partial charge in [0.05, 0.1) is 47.8 Å². The zero-order valence-electron chi connectivity index (χ0n) is 34.4. The number of halogens is 1. The van der Waals surface area contributed by atoms with E-state index in [-0.39, 0.29) is 53.9 Å². The van der Waals surface area contributed by atoms with Crippen molar-refractivity contribution < 1.29 is 39.1 Å². The van der Waals surface area contributed by atoms with Gasteiger partial charge in [0.1, 0.15) is 51.9 Å². The fraction of sp³-hybridized carbons (Fsp3) is 0.375. The second-order valence-electron chi connectivity index (χ2n) is 13.2. The molecule has 0 radical (unpaired) electrons. The number of nitro groups is 2. The number of amides is 2. The van der Waals surface area contributed by atoms with Crippen LogP contribution in [0.15, 0.2) is 73.1 Å². The van der Waals surface area contributed by atoms with Gasteiger partial charge in [0, 0.05) is 57.6 Å². The molecule has 2 saturated heterocycles. The van der Waals surface area contributed by atoms with Crippen molar-refractivity contribution in [1.29, 1.82) is 5.26 Å². The number of hydrogen-bond donors (Lipinski definition) is 7. The predicted octanol–water partition coefficient (Wildman–Crippen LogP) is 5.48. The number of hydrogen-bond acceptors (Lipinski definition) is 17. The van der Waals surface area contributed by atoms with E-state index >= 15 is 0 Å². The fourth-order valence-corrected chi connectivity index (χ4v) is 6.07. The number of pyridine rings is 2.